The highest BCUT2D eigenvalue weighted by Crippen LogP contribution is 2.35. The topological polar surface area (TPSA) is 76.0 Å². The minimum Gasteiger partial charge on any atom is -0.437 e. The second kappa shape index (κ2) is 4.88. The van der Waals surface area contributed by atoms with Crippen molar-refractivity contribution in [1.82, 2.24) is 0 Å². The summed E-state index contributed by atoms with van der Waals surface area (Å²) < 4.78 is 18.8. The van der Waals surface area contributed by atoms with E-state index in [2.05, 4.69) is 4.52 Å². The molecule has 0 saturated carbocycles. The molecule has 0 unspecified atom stereocenters. The molecule has 5 nitrogen and oxygen atoms in total. The van der Waals surface area contributed by atoms with E-state index in [-0.39, 0.29) is 13.2 Å². The van der Waals surface area contributed by atoms with Gasteiger partial charge in [-0.3, -0.25) is 4.52 Å². The number of hydrogen-bond acceptors (Lipinski definition) is 3. The third-order valence-electron chi connectivity index (χ3n) is 0.691. The van der Waals surface area contributed by atoms with Crippen molar-refractivity contribution in [2.24, 2.45) is 0 Å². The van der Waals surface area contributed by atoms with Crippen molar-refractivity contribution in [2.45, 2.75) is 6.82 Å². The summed E-state index contributed by atoms with van der Waals surface area (Å²) in [6.07, 6.45) is 0. The van der Waals surface area contributed by atoms with Crippen LogP contribution in [0.5, 0.6) is 0 Å². The highest BCUT2D eigenvalue weighted by Gasteiger charge is 2.12. The lowest BCUT2D eigenvalue weighted by atomic mass is 10.1. The van der Waals surface area contributed by atoms with Gasteiger partial charge in [0.05, 0.1) is 13.2 Å². The number of rotatable bonds is 5. The standard InChI is InChI=1S/C3H10BO5P/c1-4-8-2-3-9-10(5,6)7/h4H,2-3H2,1H3,(H2,5,6,7). The first-order valence-electron chi connectivity index (χ1n) is 2.84. The van der Waals surface area contributed by atoms with Crippen molar-refractivity contribution in [3.05, 3.63) is 0 Å². The van der Waals surface area contributed by atoms with Crippen LogP contribution in [0.15, 0.2) is 0 Å². The molecule has 0 heterocycles. The molecule has 0 aromatic carbocycles. The van der Waals surface area contributed by atoms with Gasteiger partial charge in [0.1, 0.15) is 0 Å². The molecule has 0 amide bonds. The molecule has 0 bridgehead atoms. The van der Waals surface area contributed by atoms with E-state index in [0.29, 0.717) is 7.48 Å². The second-order valence-corrected chi connectivity index (χ2v) is 2.76. The fraction of sp³-hybridized carbons (Fsp3) is 1.00. The van der Waals surface area contributed by atoms with Crippen LogP contribution in [-0.2, 0) is 13.7 Å². The zero-order valence-corrected chi connectivity index (χ0v) is 6.58. The molecule has 10 heavy (non-hydrogen) atoms. The Morgan fingerprint density at radius 2 is 2.10 bits per heavy atom. The Morgan fingerprint density at radius 1 is 1.50 bits per heavy atom. The molecule has 0 radical (unpaired) electrons. The van der Waals surface area contributed by atoms with Crippen molar-refractivity contribution in [3.8, 4) is 0 Å². The van der Waals surface area contributed by atoms with E-state index in [9.17, 15) is 4.57 Å². The Balaban J connectivity index is 3.13. The maximum Gasteiger partial charge on any atom is 0.469 e. The summed E-state index contributed by atoms with van der Waals surface area (Å²) in [5.74, 6) is 0. The van der Waals surface area contributed by atoms with Gasteiger partial charge < -0.3 is 14.4 Å². The maximum absolute atomic E-state index is 10.0. The molecule has 0 fully saturated rings. The predicted octanol–water partition coefficient (Wildman–Crippen LogP) is -0.488. The van der Waals surface area contributed by atoms with Crippen molar-refractivity contribution in [1.29, 1.82) is 0 Å². The summed E-state index contributed by atoms with van der Waals surface area (Å²) in [6.45, 7) is 1.93. The molecule has 0 atom stereocenters. The predicted molar refractivity (Wildman–Crippen MR) is 37.0 cm³/mol. The van der Waals surface area contributed by atoms with Gasteiger partial charge in [-0.05, 0) is 0 Å². The summed E-state index contributed by atoms with van der Waals surface area (Å²) >= 11 is 0. The van der Waals surface area contributed by atoms with Crippen LogP contribution in [0, 0.1) is 0 Å². The highest BCUT2D eigenvalue weighted by atomic mass is 31.2. The molecule has 7 heteroatoms. The van der Waals surface area contributed by atoms with Crippen LogP contribution in [0.4, 0.5) is 0 Å². The van der Waals surface area contributed by atoms with Gasteiger partial charge in [-0.25, -0.2) is 4.57 Å². The van der Waals surface area contributed by atoms with Crippen molar-refractivity contribution < 1.29 is 23.5 Å². The Morgan fingerprint density at radius 3 is 2.50 bits per heavy atom. The van der Waals surface area contributed by atoms with Crippen LogP contribution in [0.3, 0.4) is 0 Å². The first kappa shape index (κ1) is 10.1. The SMILES string of the molecule is CBOCCOP(=O)(O)O. The lowest BCUT2D eigenvalue weighted by Crippen LogP contribution is -2.03. The van der Waals surface area contributed by atoms with Gasteiger partial charge in [-0.2, -0.15) is 0 Å². The molecule has 0 aliphatic heterocycles. The summed E-state index contributed by atoms with van der Waals surface area (Å²) in [5.41, 5.74) is 0. The van der Waals surface area contributed by atoms with Crippen molar-refractivity contribution in [3.63, 3.8) is 0 Å². The molecule has 0 saturated heterocycles. The van der Waals surface area contributed by atoms with Gasteiger partial charge in [-0.15, -0.1) is 0 Å². The molecular weight excluding hydrogens is 158 g/mol. The van der Waals surface area contributed by atoms with Crippen molar-refractivity contribution in [2.75, 3.05) is 13.2 Å². The van der Waals surface area contributed by atoms with Crippen molar-refractivity contribution >= 4 is 15.3 Å². The molecule has 60 valence electrons. The van der Waals surface area contributed by atoms with Crippen LogP contribution >= 0.6 is 7.82 Å². The van der Waals surface area contributed by atoms with Gasteiger partial charge in [0.15, 0.2) is 0 Å². The van der Waals surface area contributed by atoms with Crippen LogP contribution in [0.2, 0.25) is 6.82 Å². The van der Waals surface area contributed by atoms with E-state index in [1.54, 1.807) is 6.82 Å². The first-order valence-corrected chi connectivity index (χ1v) is 4.37. The van der Waals surface area contributed by atoms with E-state index in [1.807, 2.05) is 0 Å². The Kier molecular flexibility index (Phi) is 4.94. The van der Waals surface area contributed by atoms with Gasteiger partial charge >= 0.3 is 7.82 Å². The van der Waals surface area contributed by atoms with E-state index >= 15 is 0 Å². The summed E-state index contributed by atoms with van der Waals surface area (Å²) in [7, 11) is -3.77. The van der Waals surface area contributed by atoms with Crippen LogP contribution in [0.25, 0.3) is 0 Å². The minimum atomic E-state index is -4.29. The van der Waals surface area contributed by atoms with E-state index in [4.69, 9.17) is 14.4 Å². The first-order chi connectivity index (χ1) is 4.56. The normalized spacial score (nSPS) is 11.5. The summed E-state index contributed by atoms with van der Waals surface area (Å²) in [5, 5.41) is 0. The monoisotopic (exact) mass is 168 g/mol. The summed E-state index contributed by atoms with van der Waals surface area (Å²) in [4.78, 5) is 16.3. The smallest absolute Gasteiger partial charge is 0.437 e. The molecule has 2 N–H and O–H groups in total. The Hall–Kier alpha value is 0.135. The second-order valence-electron chi connectivity index (χ2n) is 1.52. The number of phosphoric acid groups is 1. The van der Waals surface area contributed by atoms with E-state index < -0.39 is 7.82 Å². The fourth-order valence-electron chi connectivity index (χ4n) is 0.359. The molecular formula is C3H10BO5P. The van der Waals surface area contributed by atoms with Gasteiger partial charge in [0, 0.05) is 0 Å². The molecule has 0 aliphatic rings. The van der Waals surface area contributed by atoms with Gasteiger partial charge in [0.2, 0.25) is 0 Å². The average Bonchev–Trinajstić information content (AvgIpc) is 1.78. The van der Waals surface area contributed by atoms with Crippen LogP contribution in [-0.4, -0.2) is 30.5 Å². The quantitative estimate of drug-likeness (QED) is 0.329. The molecule has 0 aliphatic carbocycles. The molecule has 0 aromatic heterocycles. The third kappa shape index (κ3) is 8.13. The average molecular weight is 168 g/mol. The van der Waals surface area contributed by atoms with E-state index in [1.165, 1.54) is 0 Å². The Labute approximate surface area is 59.9 Å². The summed E-state index contributed by atoms with van der Waals surface area (Å²) in [6, 6.07) is 0. The van der Waals surface area contributed by atoms with Crippen LogP contribution in [0.1, 0.15) is 0 Å². The third-order valence-corrected chi connectivity index (χ3v) is 1.21. The highest BCUT2D eigenvalue weighted by molar-refractivity contribution is 7.46. The fourth-order valence-corrected chi connectivity index (χ4v) is 0.672. The number of hydrogen-bond donors (Lipinski definition) is 2. The van der Waals surface area contributed by atoms with Gasteiger partial charge in [0.25, 0.3) is 7.48 Å². The largest absolute Gasteiger partial charge is 0.469 e. The lowest BCUT2D eigenvalue weighted by Gasteiger charge is -2.03. The van der Waals surface area contributed by atoms with E-state index in [0.717, 1.165) is 0 Å². The zero-order valence-electron chi connectivity index (χ0n) is 5.69. The zero-order chi connectivity index (χ0) is 8.04. The van der Waals surface area contributed by atoms with Gasteiger partial charge in [-0.1, -0.05) is 6.82 Å². The van der Waals surface area contributed by atoms with Crippen LogP contribution < -0.4 is 0 Å². The molecule has 0 rings (SSSR count). The molecule has 0 spiro atoms. The maximum atomic E-state index is 10.0. The molecule has 0 aromatic rings. The lowest BCUT2D eigenvalue weighted by molar-refractivity contribution is 0.163. The minimum absolute atomic E-state index is 0.0713. The Bertz CT molecular complexity index is 122. The number of phosphoric ester groups is 1.